The number of aliphatic hydroxyl groups is 2. The van der Waals surface area contributed by atoms with Gasteiger partial charge in [0, 0.05) is 127 Å². The molecule has 5 aromatic rings. The van der Waals surface area contributed by atoms with Crippen molar-refractivity contribution in [2.45, 2.75) is 257 Å². The molecule has 4 aliphatic rings. The molecule has 1 aromatic carbocycles. The minimum absolute atomic E-state index is 0.000956. The van der Waals surface area contributed by atoms with Crippen molar-refractivity contribution in [3.8, 4) is 17.1 Å². The number of carbonyl (C=O) groups is 7. The van der Waals surface area contributed by atoms with Gasteiger partial charge in [-0.1, -0.05) is 87.9 Å². The number of aromatic nitrogens is 8. The molecular formula is C93H138N12O21. The average Bonchev–Trinajstić information content (AvgIpc) is 1.53. The molecule has 33 nitrogen and oxygen atoms in total. The van der Waals surface area contributed by atoms with Crippen molar-refractivity contribution >= 4 is 74.4 Å². The molecule has 0 unspecified atom stereocenters. The second-order valence-electron chi connectivity index (χ2n) is 34.3. The molecule has 2 saturated heterocycles. The first-order chi connectivity index (χ1) is 60.7. The summed E-state index contributed by atoms with van der Waals surface area (Å²) in [6.45, 7) is 17.5. The van der Waals surface area contributed by atoms with Gasteiger partial charge in [0.15, 0.2) is 11.4 Å². The second-order valence-corrected chi connectivity index (χ2v) is 34.3. The molecule has 126 heavy (non-hydrogen) atoms. The predicted octanol–water partition coefficient (Wildman–Crippen LogP) is 11.1. The molecule has 2 amide bonds. The standard InChI is InChI=1S/C93H138N12O21/c1-60-22-14-12-15-23-61(2)79(116-8)56-73-32-29-66(7)93(115,126-73)88(112)91(113)103-38-19-17-27-78(103)92(114)125-80(57-75(101-119-11)62(3)51-65(6)86(111)87(118-10)85(110)64(5)50-60)63(4)52-67-30-34-77(81(53-67)117-9)105-58-69(99-102-105)24-20-28-82(109)95-37-43-123-47-49-124-48-46-122-42-36-71(107)26-21-40-120-44-45-121-41-35-70(106)25-16-13-18-39-104-90-83(89(94)96-59-97-90)84(100-104)76-55-68-54-72(108)31-33-74(68)98-76/h12,14-15,22-23,31,33,51,54-55,58-60,62-64,66-67,73,77-81,86-87,98,108,111,115H,13,16-21,24-30,32,34-50,52-53,56-57H2,1-11H3,(H,95,109)(H2,94,96,97)/b15-12+,22-14+,61-23+,65-51+,101-75-/t60-,62-,63-,64-,66-,67+,73+,77+,78+,79+,80+,81-,86-,87+,93-/m1/s1. The number of unbranched alkanes of at least 4 members (excludes halogenated alkanes) is 2. The molecule has 4 aromatic heterocycles. The first kappa shape index (κ1) is 101. The van der Waals surface area contributed by atoms with Crippen LogP contribution in [0.5, 0.6) is 5.75 Å². The number of benzene rings is 1. The predicted molar refractivity (Wildman–Crippen MR) is 473 cm³/mol. The zero-order chi connectivity index (χ0) is 90.7. The third-order valence-electron chi connectivity index (χ3n) is 24.7. The first-order valence-electron chi connectivity index (χ1n) is 45.2. The zero-order valence-electron chi connectivity index (χ0n) is 75.8. The van der Waals surface area contributed by atoms with E-state index in [1.165, 1.54) is 25.4 Å². The SMILES string of the molecule is CO/N=C1/C[C@@H]([C@H](C)C[C@@H]2CC[C@H](n3cc(CCCC(=O)NCCOCCOCCOCCC(=O)CCCOCCOCCC(=O)CCCCCn4nc(-c5cc6cc(O)ccc6[nH]5)c5c(N)ncnc54)nn3)[C@H](OC)C2)OC(=O)[C@@H]2CCCCN2C(=O)C(=O)[C@]2(O)O[C@@H](CC[C@H]2C)C[C@H](OC)/C(C)=C/C=C/C=C/[C@@H](C)C[C@@H](C)C(=O)[C@H](OC)[C@H](O)/C(C)=C/[C@H]1C. The number of hydrogen-bond donors (Lipinski definition) is 6. The van der Waals surface area contributed by atoms with Crippen LogP contribution in [0.15, 0.2) is 89.5 Å². The number of piperidine rings is 1. The van der Waals surface area contributed by atoms with Gasteiger partial charge in [0.25, 0.3) is 11.7 Å². The number of allylic oxidation sites excluding steroid dienone is 6. The fourth-order valence-electron chi connectivity index (χ4n) is 17.3. The summed E-state index contributed by atoms with van der Waals surface area (Å²) in [5.41, 5.74) is 11.7. The number of ketones is 4. The Morgan fingerprint density at radius 3 is 2.21 bits per heavy atom. The highest BCUT2D eigenvalue weighted by molar-refractivity contribution is 6.39. The number of rotatable bonds is 41. The molecule has 7 heterocycles. The van der Waals surface area contributed by atoms with Crippen LogP contribution >= 0.6 is 0 Å². The summed E-state index contributed by atoms with van der Waals surface area (Å²) < 4.78 is 62.6. The van der Waals surface area contributed by atoms with Crippen LogP contribution < -0.4 is 11.1 Å². The Labute approximate surface area is 740 Å². The lowest BCUT2D eigenvalue weighted by atomic mass is 9.77. The lowest BCUT2D eigenvalue weighted by Crippen LogP contribution is -2.61. The van der Waals surface area contributed by atoms with Gasteiger partial charge < -0.3 is 88.5 Å². The van der Waals surface area contributed by atoms with Crippen molar-refractivity contribution < 1.29 is 101 Å². The Hall–Kier alpha value is -8.87. The number of aromatic hydroxyl groups is 1. The van der Waals surface area contributed by atoms with Crippen molar-refractivity contribution in [3.05, 3.63) is 90.1 Å². The summed E-state index contributed by atoms with van der Waals surface area (Å²) in [4.78, 5) is 115. The maximum Gasteiger partial charge on any atom is 0.329 e. The highest BCUT2D eigenvalue weighted by atomic mass is 16.6. The largest absolute Gasteiger partial charge is 0.508 e. The molecule has 1 saturated carbocycles. The minimum Gasteiger partial charge on any atom is -0.508 e. The van der Waals surface area contributed by atoms with E-state index in [2.05, 4.69) is 35.7 Å². The van der Waals surface area contributed by atoms with E-state index < -0.39 is 77.8 Å². The summed E-state index contributed by atoms with van der Waals surface area (Å²) in [5.74, 6) is -6.89. The number of Topliss-reactive ketones (excluding diaryl/α,β-unsaturated/α-hetero) is 4. The smallest absolute Gasteiger partial charge is 0.329 e. The summed E-state index contributed by atoms with van der Waals surface area (Å²) in [6.07, 6.45) is 21.7. The highest BCUT2D eigenvalue weighted by Gasteiger charge is 2.53. The third-order valence-corrected chi connectivity index (χ3v) is 24.7. The van der Waals surface area contributed by atoms with Crippen LogP contribution in [0.3, 0.4) is 0 Å². The van der Waals surface area contributed by atoms with E-state index in [-0.39, 0.29) is 84.7 Å². The molecule has 15 atom stereocenters. The number of carbonyl (C=O) groups excluding carboxylic acids is 7. The van der Waals surface area contributed by atoms with Crippen molar-refractivity contribution in [2.24, 2.45) is 40.7 Å². The third kappa shape index (κ3) is 30.1. The van der Waals surface area contributed by atoms with Crippen LogP contribution in [0.25, 0.3) is 33.3 Å². The van der Waals surface area contributed by atoms with Gasteiger partial charge in [-0.3, -0.25) is 28.8 Å². The molecule has 7 N–H and O–H groups in total. The van der Waals surface area contributed by atoms with Crippen molar-refractivity contribution in [1.82, 2.24) is 49.9 Å². The van der Waals surface area contributed by atoms with E-state index in [1.54, 1.807) is 52.3 Å². The monoisotopic (exact) mass is 1760 g/mol. The number of aromatic amines is 1. The van der Waals surface area contributed by atoms with Crippen LogP contribution in [0.4, 0.5) is 5.82 Å². The number of nitrogen functional groups attached to an aromatic ring is 1. The van der Waals surface area contributed by atoms with E-state index in [0.717, 1.165) is 53.5 Å². The average molecular weight is 1760 g/mol. The lowest BCUT2D eigenvalue weighted by Gasteiger charge is -2.42. The first-order valence-corrected chi connectivity index (χ1v) is 45.2. The molecule has 3 fully saturated rings. The van der Waals surface area contributed by atoms with E-state index in [9.17, 15) is 44.1 Å². The van der Waals surface area contributed by atoms with Gasteiger partial charge in [-0.05, 0) is 163 Å². The molecule has 0 radical (unpaired) electrons. The number of nitrogens with zero attached hydrogens (tertiary/aromatic N) is 9. The van der Waals surface area contributed by atoms with Crippen LogP contribution in [-0.2, 0) is 98.7 Å². The number of aryl methyl sites for hydroxylation is 2. The fourth-order valence-corrected chi connectivity index (χ4v) is 17.3. The molecule has 0 spiro atoms. The maximum atomic E-state index is 15.0. The van der Waals surface area contributed by atoms with Crippen LogP contribution in [-0.4, -0.2) is 263 Å². The summed E-state index contributed by atoms with van der Waals surface area (Å²) in [6, 6.07) is 5.73. The number of nitrogens with two attached hydrogens (primary N) is 1. The number of nitrogens with one attached hydrogen (secondary N) is 2. The Balaban J connectivity index is 0.638. The van der Waals surface area contributed by atoms with E-state index in [0.29, 0.717) is 216 Å². The van der Waals surface area contributed by atoms with Crippen molar-refractivity contribution in [2.75, 3.05) is 113 Å². The van der Waals surface area contributed by atoms with Gasteiger partial charge in [-0.2, -0.15) is 5.10 Å². The number of esters is 1. The number of cyclic esters (lactones) is 1. The van der Waals surface area contributed by atoms with Crippen LogP contribution in [0.1, 0.15) is 201 Å². The number of anilines is 1. The van der Waals surface area contributed by atoms with Gasteiger partial charge in [0.1, 0.15) is 66.6 Å². The lowest BCUT2D eigenvalue weighted by molar-refractivity contribution is -0.265. The number of phenolic OH excluding ortho intramolecular Hbond substituents is 1. The number of fused-ring (bicyclic) bond motifs is 5. The molecule has 9 rings (SSSR count). The van der Waals surface area contributed by atoms with E-state index >= 15 is 4.79 Å². The number of oxime groups is 1. The second kappa shape index (κ2) is 52.0. The molecule has 696 valence electrons. The number of aliphatic hydroxyl groups excluding tert-OH is 1. The van der Waals surface area contributed by atoms with Crippen molar-refractivity contribution in [1.29, 1.82) is 0 Å². The van der Waals surface area contributed by atoms with Crippen LogP contribution in [0, 0.1) is 35.5 Å². The Kier molecular flexibility index (Phi) is 41.6. The summed E-state index contributed by atoms with van der Waals surface area (Å²) >= 11 is 0. The molecule has 33 heteroatoms. The molecule has 1 aliphatic carbocycles. The van der Waals surface area contributed by atoms with E-state index in [4.69, 9.17) is 63.0 Å². The Morgan fingerprint density at radius 1 is 0.762 bits per heavy atom. The summed E-state index contributed by atoms with van der Waals surface area (Å²) in [5, 5.41) is 56.8. The molecule has 2 bridgehead atoms. The molecular weight excluding hydrogens is 1620 g/mol. The number of ether oxygens (including phenoxy) is 10. The topological polar surface area (TPSA) is 425 Å². The van der Waals surface area contributed by atoms with Gasteiger partial charge in [-0.25, -0.2) is 24.1 Å². The van der Waals surface area contributed by atoms with Gasteiger partial charge in [0.05, 0.1) is 106 Å². The Morgan fingerprint density at radius 2 is 1.48 bits per heavy atom. The van der Waals surface area contributed by atoms with E-state index in [1.807, 2.05) is 86.6 Å². The number of phenols is 1. The van der Waals surface area contributed by atoms with Crippen molar-refractivity contribution in [3.63, 3.8) is 0 Å². The summed E-state index contributed by atoms with van der Waals surface area (Å²) in [7, 11) is 6.09. The van der Waals surface area contributed by atoms with Gasteiger partial charge >= 0.3 is 5.97 Å². The highest BCUT2D eigenvalue weighted by Crippen LogP contribution is 2.41. The number of hydrogen-bond acceptors (Lipinski definition) is 28. The fraction of sp³-hybridized carbons (Fsp3) is 0.667. The maximum absolute atomic E-state index is 15.0. The zero-order valence-corrected chi connectivity index (χ0v) is 75.8. The van der Waals surface area contributed by atoms with Gasteiger partial charge in [0.2, 0.25) is 11.7 Å². The minimum atomic E-state index is -2.46. The Bertz CT molecular complexity index is 4460. The quantitative estimate of drug-likeness (QED) is 0.00696. The number of methoxy groups -OCH3 is 3. The van der Waals surface area contributed by atoms with Crippen LogP contribution in [0.2, 0.25) is 0 Å². The number of H-pyrrole nitrogens is 1. The van der Waals surface area contributed by atoms with Gasteiger partial charge in [-0.15, -0.1) is 5.10 Å². The normalized spacial score (nSPS) is 26.9. The molecule has 3 aliphatic heterocycles. The number of amides is 2.